The van der Waals surface area contributed by atoms with Gasteiger partial charge in [0.15, 0.2) is 0 Å². The summed E-state index contributed by atoms with van der Waals surface area (Å²) in [6, 6.07) is 27.6. The molecule has 0 radical (unpaired) electrons. The summed E-state index contributed by atoms with van der Waals surface area (Å²) in [5.41, 5.74) is 12.5. The van der Waals surface area contributed by atoms with E-state index in [0.29, 0.717) is 22.8 Å². The minimum Gasteiger partial charge on any atom is -0.507 e. The lowest BCUT2D eigenvalue weighted by molar-refractivity contribution is 0.288. The molecule has 10 heteroatoms. The number of aromatic hydroxyl groups is 2. The zero-order valence-electron chi connectivity index (χ0n) is 34.0. The smallest absolute Gasteiger partial charge is 0.149 e. The monoisotopic (exact) mass is 770 g/mol. The van der Waals surface area contributed by atoms with Crippen molar-refractivity contribution in [2.24, 2.45) is 0 Å². The van der Waals surface area contributed by atoms with Crippen molar-refractivity contribution in [1.82, 2.24) is 19.1 Å². The summed E-state index contributed by atoms with van der Waals surface area (Å²) in [5.74, 6) is 4.77. The summed E-state index contributed by atoms with van der Waals surface area (Å²) in [6.07, 6.45) is 6.04. The van der Waals surface area contributed by atoms with Crippen molar-refractivity contribution in [2.45, 2.75) is 68.2 Å². The summed E-state index contributed by atoms with van der Waals surface area (Å²) in [4.78, 5) is 14.4. The average molecular weight is 771 g/mol. The van der Waals surface area contributed by atoms with Gasteiger partial charge in [-0.15, -0.1) is 0 Å². The van der Waals surface area contributed by atoms with E-state index in [1.54, 1.807) is 12.1 Å². The lowest BCUT2D eigenvalue weighted by Crippen LogP contribution is -2.25. The van der Waals surface area contributed by atoms with Crippen LogP contribution in [0.1, 0.15) is 68.2 Å². The maximum atomic E-state index is 11.8. The van der Waals surface area contributed by atoms with Gasteiger partial charge in [0.1, 0.15) is 46.2 Å². The molecule has 0 atom stereocenters. The molecule has 0 unspecified atom stereocenters. The second-order valence-electron chi connectivity index (χ2n) is 15.2. The van der Waals surface area contributed by atoms with Crippen LogP contribution in [0.4, 0.5) is 11.4 Å². The van der Waals surface area contributed by atoms with Crippen LogP contribution in [0.15, 0.2) is 142 Å². The van der Waals surface area contributed by atoms with Crippen LogP contribution in [0, 0.1) is 0 Å². The van der Waals surface area contributed by atoms with Gasteiger partial charge in [0.05, 0.1) is 56.0 Å². The molecule has 2 aromatic heterocycles. The zero-order chi connectivity index (χ0) is 40.6. The van der Waals surface area contributed by atoms with Crippen LogP contribution in [0.25, 0.3) is 56.7 Å². The average Bonchev–Trinajstić information content (AvgIpc) is 3.88. The lowest BCUT2D eigenvalue weighted by Gasteiger charge is -2.33. The van der Waals surface area contributed by atoms with Gasteiger partial charge in [-0.3, -0.25) is 9.13 Å². The first-order chi connectivity index (χ1) is 27.9. The number of aromatic nitrogens is 4. The highest BCUT2D eigenvalue weighted by Gasteiger charge is 2.27. The minimum absolute atomic E-state index is 0.117. The van der Waals surface area contributed by atoms with Crippen molar-refractivity contribution in [3.8, 4) is 34.3 Å². The Morgan fingerprint density at radius 3 is 1.52 bits per heavy atom. The number of fused-ring (bicyclic) bond motifs is 2. The van der Waals surface area contributed by atoms with Crippen molar-refractivity contribution >= 4 is 45.3 Å². The fourth-order valence-electron chi connectivity index (χ4n) is 8.01. The number of anilines is 2. The largest absolute Gasteiger partial charge is 0.507 e. The van der Waals surface area contributed by atoms with E-state index in [1.165, 1.54) is 5.57 Å². The van der Waals surface area contributed by atoms with Gasteiger partial charge >= 0.3 is 0 Å². The molecule has 4 aromatic carbocycles. The molecule has 3 aliphatic rings. The van der Waals surface area contributed by atoms with E-state index in [2.05, 4.69) is 26.5 Å². The number of ether oxygens (including phenoxy) is 2. The highest BCUT2D eigenvalue weighted by atomic mass is 16.5. The van der Waals surface area contributed by atoms with Crippen LogP contribution < -0.4 is 9.80 Å². The predicted octanol–water partition coefficient (Wildman–Crippen LogP) is 12.0. The summed E-state index contributed by atoms with van der Waals surface area (Å²) in [6.45, 7) is 15.9. The molecule has 2 aliphatic heterocycles. The number of para-hydroxylation sites is 4. The number of rotatable bonds is 7. The van der Waals surface area contributed by atoms with Crippen LogP contribution in [0.5, 0.6) is 11.5 Å². The SMILES string of the molecule is CC1=C(C)N(c2ccc(-c3nc4ccccc4n3/C=C\C(=C3CC3)n3c(-c4ccc(N5C(C)=C(C)OC(C)=C5C)cc4O)nc4ccccc43)c(O)c2)C(C)=C(C)O1. The molecule has 10 nitrogen and oxygen atoms in total. The van der Waals surface area contributed by atoms with Gasteiger partial charge in [0, 0.05) is 35.4 Å². The van der Waals surface area contributed by atoms with Crippen molar-refractivity contribution in [3.63, 3.8) is 0 Å². The molecule has 0 spiro atoms. The van der Waals surface area contributed by atoms with Crippen LogP contribution in [0.2, 0.25) is 0 Å². The van der Waals surface area contributed by atoms with Crippen molar-refractivity contribution in [3.05, 3.63) is 142 Å². The Kier molecular flexibility index (Phi) is 8.80. The zero-order valence-corrected chi connectivity index (χ0v) is 34.0. The number of hydrogen-bond acceptors (Lipinski definition) is 8. The molecular formula is C48H46N6O4. The van der Waals surface area contributed by atoms with Crippen molar-refractivity contribution in [1.29, 1.82) is 0 Å². The lowest BCUT2D eigenvalue weighted by atomic mass is 10.1. The van der Waals surface area contributed by atoms with Gasteiger partial charge in [-0.1, -0.05) is 24.3 Å². The van der Waals surface area contributed by atoms with Crippen LogP contribution in [-0.4, -0.2) is 29.3 Å². The van der Waals surface area contributed by atoms with E-state index in [1.807, 2.05) is 133 Å². The first-order valence-electron chi connectivity index (χ1n) is 19.6. The Hall–Kier alpha value is -6.94. The third kappa shape index (κ3) is 6.03. The molecule has 4 heterocycles. The minimum atomic E-state index is 0.117. The van der Waals surface area contributed by atoms with E-state index in [-0.39, 0.29) is 11.5 Å². The highest BCUT2D eigenvalue weighted by Crippen LogP contribution is 2.44. The van der Waals surface area contributed by atoms with Crippen LogP contribution >= 0.6 is 0 Å². The number of phenolic OH excluding ortho intramolecular Hbond substituents is 2. The van der Waals surface area contributed by atoms with Gasteiger partial charge in [-0.25, -0.2) is 9.97 Å². The Morgan fingerprint density at radius 2 is 1.02 bits per heavy atom. The third-order valence-electron chi connectivity index (χ3n) is 11.6. The van der Waals surface area contributed by atoms with E-state index >= 15 is 0 Å². The third-order valence-corrected chi connectivity index (χ3v) is 11.6. The normalized spacial score (nSPS) is 16.1. The first kappa shape index (κ1) is 36.7. The molecule has 58 heavy (non-hydrogen) atoms. The maximum absolute atomic E-state index is 11.8. The van der Waals surface area contributed by atoms with Gasteiger partial charge in [0.25, 0.3) is 0 Å². The molecule has 0 bridgehead atoms. The Bertz CT molecular complexity index is 2860. The fraction of sp³-hybridized carbons (Fsp3) is 0.208. The molecule has 6 aromatic rings. The summed E-state index contributed by atoms with van der Waals surface area (Å²) < 4.78 is 16.1. The van der Waals surface area contributed by atoms with Crippen molar-refractivity contribution in [2.75, 3.05) is 9.80 Å². The molecule has 292 valence electrons. The highest BCUT2D eigenvalue weighted by molar-refractivity contribution is 5.91. The van der Waals surface area contributed by atoms with Gasteiger partial charge in [0.2, 0.25) is 0 Å². The molecule has 9 rings (SSSR count). The summed E-state index contributed by atoms with van der Waals surface area (Å²) in [5, 5.41) is 23.5. The van der Waals surface area contributed by atoms with Gasteiger partial charge < -0.3 is 29.5 Å². The van der Waals surface area contributed by atoms with Gasteiger partial charge in [-0.05, 0) is 128 Å². The number of benzene rings is 4. The Labute approximate surface area is 337 Å². The molecule has 1 aliphatic carbocycles. The second kappa shape index (κ2) is 13.9. The summed E-state index contributed by atoms with van der Waals surface area (Å²) >= 11 is 0. The standard InChI is InChI=1S/C48H46N6O4/c1-27-31(5)57-32(6)28(2)52(27)36-19-21-38(45(55)25-36)47-49-40-13-9-11-15-43(40)51(47)24-23-42(35-17-18-35)54-44-16-12-10-14-41(44)50-48(54)39-22-20-37(26-46(39)56)53-29(3)33(7)58-34(8)30(53)4/h9-16,19-26,55-56H,17-18H2,1-8H3/b24-23-. The first-order valence-corrected chi connectivity index (χ1v) is 19.6. The van der Waals surface area contributed by atoms with E-state index in [9.17, 15) is 10.2 Å². The molecule has 1 saturated carbocycles. The Balaban J connectivity index is 1.15. The molecule has 0 saturated heterocycles. The number of allylic oxidation sites excluding steroid dienone is 11. The van der Waals surface area contributed by atoms with Crippen LogP contribution in [0.3, 0.4) is 0 Å². The topological polar surface area (TPSA) is 101 Å². The Morgan fingerprint density at radius 1 is 0.569 bits per heavy atom. The molecular weight excluding hydrogens is 725 g/mol. The quantitative estimate of drug-likeness (QED) is 0.165. The maximum Gasteiger partial charge on any atom is 0.149 e. The van der Waals surface area contributed by atoms with E-state index in [0.717, 1.165) is 97.8 Å². The molecule has 2 N–H and O–H groups in total. The van der Waals surface area contributed by atoms with E-state index in [4.69, 9.17) is 19.4 Å². The van der Waals surface area contributed by atoms with Crippen molar-refractivity contribution < 1.29 is 19.7 Å². The number of nitrogens with zero attached hydrogens (tertiary/aromatic N) is 6. The number of phenols is 2. The predicted molar refractivity (Wildman–Crippen MR) is 232 cm³/mol. The van der Waals surface area contributed by atoms with Crippen LogP contribution in [-0.2, 0) is 9.47 Å². The molecule has 0 amide bonds. The van der Waals surface area contributed by atoms with E-state index < -0.39 is 0 Å². The summed E-state index contributed by atoms with van der Waals surface area (Å²) in [7, 11) is 0. The fourth-order valence-corrected chi connectivity index (χ4v) is 8.01. The molecule has 1 fully saturated rings. The number of hydrogen-bond donors (Lipinski definition) is 2. The van der Waals surface area contributed by atoms with Gasteiger partial charge in [-0.2, -0.15) is 0 Å². The number of imidazole rings is 2. The second-order valence-corrected chi connectivity index (χ2v) is 15.2.